The van der Waals surface area contributed by atoms with Crippen LogP contribution >= 0.6 is 11.3 Å². The number of hydrogen-bond donors (Lipinski definition) is 1. The lowest BCUT2D eigenvalue weighted by Gasteiger charge is -2.12. The van der Waals surface area contributed by atoms with E-state index in [9.17, 15) is 4.79 Å². The molecule has 0 bridgehead atoms. The van der Waals surface area contributed by atoms with Gasteiger partial charge in [0.05, 0.1) is 0 Å². The molecule has 136 valence electrons. The van der Waals surface area contributed by atoms with Gasteiger partial charge in [0.15, 0.2) is 0 Å². The first kappa shape index (κ1) is 18.2. The van der Waals surface area contributed by atoms with Gasteiger partial charge in [-0.05, 0) is 19.1 Å². The second kappa shape index (κ2) is 7.33. The molecule has 0 spiro atoms. The van der Waals surface area contributed by atoms with Gasteiger partial charge in [-0.15, -0.1) is 20.4 Å². The van der Waals surface area contributed by atoms with Crippen molar-refractivity contribution in [1.29, 1.82) is 0 Å². The maximum Gasteiger partial charge on any atom is 0.247 e. The molecule has 1 amide bonds. The molecule has 7 nitrogen and oxygen atoms in total. The Kier molecular flexibility index (Phi) is 5.13. The molecular weight excluding hydrogens is 350 g/mol. The first-order valence-corrected chi connectivity index (χ1v) is 9.16. The van der Waals surface area contributed by atoms with Gasteiger partial charge in [-0.1, -0.05) is 49.8 Å². The number of aryl methyl sites for hydroxylation is 2. The van der Waals surface area contributed by atoms with E-state index in [1.165, 1.54) is 11.3 Å². The molecule has 2 heterocycles. The molecule has 26 heavy (non-hydrogen) atoms. The molecule has 3 aromatic rings. The highest BCUT2D eigenvalue weighted by Crippen LogP contribution is 2.27. The fourth-order valence-electron chi connectivity index (χ4n) is 2.15. The van der Waals surface area contributed by atoms with Crippen molar-refractivity contribution in [3.05, 3.63) is 40.7 Å². The molecule has 0 radical (unpaired) electrons. The third-order valence-electron chi connectivity index (χ3n) is 3.64. The maximum atomic E-state index is 12.1. The Morgan fingerprint density at radius 1 is 1.12 bits per heavy atom. The monoisotopic (exact) mass is 371 g/mol. The number of nitrogens with zero attached hydrogens (tertiary/aromatic N) is 4. The Morgan fingerprint density at radius 2 is 1.85 bits per heavy atom. The third kappa shape index (κ3) is 4.51. The number of nitrogens with one attached hydrogen (secondary N) is 1. The second-order valence-corrected chi connectivity index (χ2v) is 8.06. The lowest BCUT2D eigenvalue weighted by molar-refractivity contribution is -0.116. The molecule has 0 aliphatic carbocycles. The molecule has 0 unspecified atom stereocenters. The van der Waals surface area contributed by atoms with Crippen molar-refractivity contribution in [2.45, 2.75) is 46.0 Å². The second-order valence-electron chi connectivity index (χ2n) is 7.08. The molecule has 0 saturated carbocycles. The van der Waals surface area contributed by atoms with Crippen LogP contribution in [0.1, 0.15) is 43.7 Å². The number of amides is 1. The summed E-state index contributed by atoms with van der Waals surface area (Å²) in [6, 6.07) is 7.84. The summed E-state index contributed by atoms with van der Waals surface area (Å²) < 4.78 is 5.63. The average molecular weight is 371 g/mol. The Balaban J connectivity index is 1.55. The summed E-state index contributed by atoms with van der Waals surface area (Å²) in [7, 11) is 0. The Labute approximate surface area is 155 Å². The first-order chi connectivity index (χ1) is 12.3. The normalized spacial score (nSPS) is 11.5. The highest BCUT2D eigenvalue weighted by Gasteiger charge is 2.20. The predicted molar refractivity (Wildman–Crippen MR) is 100 cm³/mol. The van der Waals surface area contributed by atoms with Crippen molar-refractivity contribution in [1.82, 2.24) is 20.4 Å². The molecule has 8 heteroatoms. The van der Waals surface area contributed by atoms with Crippen LogP contribution in [0.5, 0.6) is 0 Å². The van der Waals surface area contributed by atoms with Crippen LogP contribution in [-0.2, 0) is 16.6 Å². The molecule has 2 aromatic heterocycles. The van der Waals surface area contributed by atoms with Gasteiger partial charge < -0.3 is 9.73 Å². The van der Waals surface area contributed by atoms with Gasteiger partial charge in [-0.2, -0.15) is 0 Å². The standard InChI is InChI=1S/C18H21N5O2S/c1-11-5-7-12(8-6-11)15-21-20-14(25-15)10-9-13(24)19-17-23-22-16(26-17)18(2,3)4/h5-8H,9-10H2,1-4H3,(H,19,23,24). The van der Waals surface area contributed by atoms with Crippen LogP contribution in [0.25, 0.3) is 11.5 Å². The fourth-order valence-corrected chi connectivity index (χ4v) is 2.96. The van der Waals surface area contributed by atoms with Crippen LogP contribution in [0, 0.1) is 6.92 Å². The summed E-state index contributed by atoms with van der Waals surface area (Å²) in [5, 5.41) is 20.3. The van der Waals surface area contributed by atoms with Crippen molar-refractivity contribution in [3.63, 3.8) is 0 Å². The van der Waals surface area contributed by atoms with Crippen molar-refractivity contribution in [2.24, 2.45) is 0 Å². The van der Waals surface area contributed by atoms with E-state index in [-0.39, 0.29) is 17.7 Å². The summed E-state index contributed by atoms with van der Waals surface area (Å²) in [4.78, 5) is 12.1. The van der Waals surface area contributed by atoms with Gasteiger partial charge in [-0.3, -0.25) is 4.79 Å². The molecule has 3 rings (SSSR count). The van der Waals surface area contributed by atoms with E-state index >= 15 is 0 Å². The van der Waals surface area contributed by atoms with Crippen LogP contribution in [0.15, 0.2) is 28.7 Å². The maximum absolute atomic E-state index is 12.1. The van der Waals surface area contributed by atoms with E-state index < -0.39 is 0 Å². The molecule has 0 atom stereocenters. The number of aromatic nitrogens is 4. The van der Waals surface area contributed by atoms with Gasteiger partial charge in [-0.25, -0.2) is 0 Å². The van der Waals surface area contributed by atoms with Crippen LogP contribution < -0.4 is 5.32 Å². The number of carbonyl (C=O) groups excluding carboxylic acids is 1. The minimum atomic E-state index is -0.156. The Bertz CT molecular complexity index is 893. The summed E-state index contributed by atoms with van der Waals surface area (Å²) in [6.07, 6.45) is 0.607. The van der Waals surface area contributed by atoms with Crippen LogP contribution in [0.3, 0.4) is 0 Å². The van der Waals surface area contributed by atoms with Crippen LogP contribution in [0.4, 0.5) is 5.13 Å². The number of benzene rings is 1. The predicted octanol–water partition coefficient (Wildman–Crippen LogP) is 3.77. The molecule has 0 aliphatic rings. The van der Waals surface area contributed by atoms with Crippen molar-refractivity contribution in [3.8, 4) is 11.5 Å². The lowest BCUT2D eigenvalue weighted by atomic mass is 9.98. The van der Waals surface area contributed by atoms with Crippen LogP contribution in [0.2, 0.25) is 0 Å². The number of anilines is 1. The number of rotatable bonds is 5. The largest absolute Gasteiger partial charge is 0.421 e. The number of carbonyl (C=O) groups is 1. The highest BCUT2D eigenvalue weighted by molar-refractivity contribution is 7.15. The fraction of sp³-hybridized carbons (Fsp3) is 0.389. The van der Waals surface area contributed by atoms with Gasteiger partial charge in [0, 0.05) is 23.8 Å². The zero-order valence-corrected chi connectivity index (χ0v) is 16.1. The zero-order valence-electron chi connectivity index (χ0n) is 15.2. The SMILES string of the molecule is Cc1ccc(-c2nnc(CCC(=O)Nc3nnc(C(C)(C)C)s3)o2)cc1. The van der Waals surface area contributed by atoms with Gasteiger partial charge >= 0.3 is 0 Å². The van der Waals surface area contributed by atoms with E-state index in [1.807, 2.05) is 31.2 Å². The van der Waals surface area contributed by atoms with Gasteiger partial charge in [0.25, 0.3) is 0 Å². The van der Waals surface area contributed by atoms with E-state index in [4.69, 9.17) is 4.42 Å². The summed E-state index contributed by atoms with van der Waals surface area (Å²) >= 11 is 1.39. The van der Waals surface area contributed by atoms with Crippen molar-refractivity contribution >= 4 is 22.4 Å². The molecule has 1 aromatic carbocycles. The third-order valence-corrected chi connectivity index (χ3v) is 4.91. The Hall–Kier alpha value is -2.61. The molecule has 1 N–H and O–H groups in total. The van der Waals surface area contributed by atoms with Gasteiger partial charge in [0.1, 0.15) is 5.01 Å². The zero-order chi connectivity index (χ0) is 18.7. The average Bonchev–Trinajstić information content (AvgIpc) is 3.22. The molecular formula is C18H21N5O2S. The van der Waals surface area contributed by atoms with Crippen molar-refractivity contribution < 1.29 is 9.21 Å². The van der Waals surface area contributed by atoms with Crippen LogP contribution in [-0.4, -0.2) is 26.3 Å². The van der Waals surface area contributed by atoms with E-state index in [1.54, 1.807) is 0 Å². The van der Waals surface area contributed by atoms with E-state index in [2.05, 4.69) is 46.5 Å². The number of hydrogen-bond acceptors (Lipinski definition) is 7. The minimum Gasteiger partial charge on any atom is -0.421 e. The minimum absolute atomic E-state index is 0.0865. The quantitative estimate of drug-likeness (QED) is 0.734. The summed E-state index contributed by atoms with van der Waals surface area (Å²) in [6.45, 7) is 8.19. The Morgan fingerprint density at radius 3 is 2.50 bits per heavy atom. The molecule has 0 fully saturated rings. The molecule has 0 aliphatic heterocycles. The van der Waals surface area contributed by atoms with Crippen molar-refractivity contribution in [2.75, 3.05) is 5.32 Å². The molecule has 0 saturated heterocycles. The van der Waals surface area contributed by atoms with Gasteiger partial charge in [0.2, 0.25) is 22.8 Å². The smallest absolute Gasteiger partial charge is 0.247 e. The first-order valence-electron chi connectivity index (χ1n) is 8.34. The van der Waals surface area contributed by atoms with E-state index in [0.717, 1.165) is 16.1 Å². The summed E-state index contributed by atoms with van der Waals surface area (Å²) in [5.74, 6) is 0.736. The lowest BCUT2D eigenvalue weighted by Crippen LogP contribution is -2.12. The summed E-state index contributed by atoms with van der Waals surface area (Å²) in [5.41, 5.74) is 1.94. The topological polar surface area (TPSA) is 93.8 Å². The highest BCUT2D eigenvalue weighted by atomic mass is 32.1. The van der Waals surface area contributed by atoms with E-state index in [0.29, 0.717) is 23.3 Å².